The van der Waals surface area contributed by atoms with Crippen LogP contribution in [0.2, 0.25) is 0 Å². The zero-order valence-electron chi connectivity index (χ0n) is 8.92. The predicted molar refractivity (Wildman–Crippen MR) is 66.0 cm³/mol. The van der Waals surface area contributed by atoms with Crippen LogP contribution in [0.15, 0.2) is 29.2 Å². The molecule has 15 heavy (non-hydrogen) atoms. The quantitative estimate of drug-likeness (QED) is 0.617. The molecule has 0 amide bonds. The largest absolute Gasteiger partial charge is 0.308 e. The maximum atomic E-state index is 3.55. The predicted octanol–water partition coefficient (Wildman–Crippen LogP) is 2.84. The van der Waals surface area contributed by atoms with Gasteiger partial charge in [-0.3, -0.25) is 0 Å². The van der Waals surface area contributed by atoms with E-state index in [1.165, 1.54) is 10.5 Å². The van der Waals surface area contributed by atoms with Gasteiger partial charge in [0.2, 0.25) is 0 Å². The first kappa shape index (κ1) is 10.6. The molecule has 1 aromatic carbocycles. The molecule has 0 aromatic heterocycles. The third-order valence-electron chi connectivity index (χ3n) is 2.52. The second-order valence-electron chi connectivity index (χ2n) is 3.53. The molecule has 0 saturated carbocycles. The van der Waals surface area contributed by atoms with Crippen molar-refractivity contribution in [1.82, 2.24) is 5.32 Å². The molecule has 0 radical (unpaired) electrons. The van der Waals surface area contributed by atoms with Crippen molar-refractivity contribution in [2.24, 2.45) is 0 Å². The molecule has 78 valence electrons. The van der Waals surface area contributed by atoms with Crippen LogP contribution >= 0.6 is 11.8 Å². The lowest BCUT2D eigenvalue weighted by molar-refractivity contribution is 0.593. The van der Waals surface area contributed by atoms with E-state index in [2.05, 4.69) is 41.4 Å². The minimum absolute atomic E-state index is 0.518. The van der Waals surface area contributed by atoms with Crippen LogP contribution in [0.4, 0.5) is 0 Å². The SMILES string of the molecule is CC#CCCNC1CSc2ccccc21. The molecule has 1 nitrogen and oxygen atoms in total. The van der Waals surface area contributed by atoms with Crippen LogP contribution in [0.3, 0.4) is 0 Å². The van der Waals surface area contributed by atoms with Gasteiger partial charge in [-0.05, 0) is 18.6 Å². The smallest absolute Gasteiger partial charge is 0.0426 e. The molecule has 2 rings (SSSR count). The van der Waals surface area contributed by atoms with Gasteiger partial charge >= 0.3 is 0 Å². The lowest BCUT2D eigenvalue weighted by Gasteiger charge is -2.11. The van der Waals surface area contributed by atoms with Gasteiger partial charge in [0.1, 0.15) is 0 Å². The highest BCUT2D eigenvalue weighted by atomic mass is 32.2. The van der Waals surface area contributed by atoms with Gasteiger partial charge in [0.25, 0.3) is 0 Å². The first-order valence-electron chi connectivity index (χ1n) is 5.26. The highest BCUT2D eigenvalue weighted by Crippen LogP contribution is 2.37. The Morgan fingerprint density at radius 3 is 3.20 bits per heavy atom. The molecular weight excluding hydrogens is 202 g/mol. The summed E-state index contributed by atoms with van der Waals surface area (Å²) in [4.78, 5) is 1.43. The summed E-state index contributed by atoms with van der Waals surface area (Å²) in [6.45, 7) is 2.88. The number of hydrogen-bond acceptors (Lipinski definition) is 2. The first-order chi connectivity index (χ1) is 7.42. The number of thioether (sulfide) groups is 1. The highest BCUT2D eigenvalue weighted by Gasteiger charge is 2.21. The van der Waals surface area contributed by atoms with E-state index in [-0.39, 0.29) is 0 Å². The van der Waals surface area contributed by atoms with Crippen molar-refractivity contribution in [3.63, 3.8) is 0 Å². The molecule has 1 N–H and O–H groups in total. The number of hydrogen-bond donors (Lipinski definition) is 1. The lowest BCUT2D eigenvalue weighted by Crippen LogP contribution is -2.21. The molecule has 0 spiro atoms. The second kappa shape index (κ2) is 5.25. The Bertz CT molecular complexity index is 389. The van der Waals surface area contributed by atoms with Gasteiger partial charge in [-0.25, -0.2) is 0 Å². The van der Waals surface area contributed by atoms with E-state index in [1.807, 2.05) is 18.7 Å². The highest BCUT2D eigenvalue weighted by molar-refractivity contribution is 7.99. The first-order valence-corrected chi connectivity index (χ1v) is 6.25. The van der Waals surface area contributed by atoms with Crippen LogP contribution in [0.1, 0.15) is 24.9 Å². The minimum Gasteiger partial charge on any atom is -0.308 e. The molecule has 1 unspecified atom stereocenters. The molecule has 1 heterocycles. The van der Waals surface area contributed by atoms with Gasteiger partial charge in [0, 0.05) is 29.7 Å². The van der Waals surface area contributed by atoms with Crippen molar-refractivity contribution >= 4 is 11.8 Å². The molecule has 1 aromatic rings. The van der Waals surface area contributed by atoms with Crippen LogP contribution in [-0.4, -0.2) is 12.3 Å². The zero-order chi connectivity index (χ0) is 10.5. The van der Waals surface area contributed by atoms with E-state index in [4.69, 9.17) is 0 Å². The van der Waals surface area contributed by atoms with Crippen molar-refractivity contribution < 1.29 is 0 Å². The lowest BCUT2D eigenvalue weighted by atomic mass is 10.1. The minimum atomic E-state index is 0.518. The average molecular weight is 217 g/mol. The molecule has 1 atom stereocenters. The molecule has 2 heteroatoms. The number of rotatable bonds is 3. The van der Waals surface area contributed by atoms with Crippen molar-refractivity contribution in [3.8, 4) is 11.8 Å². The summed E-state index contributed by atoms with van der Waals surface area (Å²) in [7, 11) is 0. The van der Waals surface area contributed by atoms with Gasteiger partial charge in [-0.2, -0.15) is 0 Å². The fraction of sp³-hybridized carbons (Fsp3) is 0.385. The summed E-state index contributed by atoms with van der Waals surface area (Å²) in [6.07, 6.45) is 0.944. The summed E-state index contributed by atoms with van der Waals surface area (Å²) >= 11 is 1.94. The number of nitrogens with one attached hydrogen (secondary N) is 1. The van der Waals surface area contributed by atoms with Crippen LogP contribution in [0.25, 0.3) is 0 Å². The third kappa shape index (κ3) is 2.56. The molecular formula is C13H15NS. The van der Waals surface area contributed by atoms with Crippen LogP contribution < -0.4 is 5.32 Å². The maximum absolute atomic E-state index is 3.55. The van der Waals surface area contributed by atoms with Crippen LogP contribution in [0, 0.1) is 11.8 Å². The van der Waals surface area contributed by atoms with Gasteiger partial charge in [-0.15, -0.1) is 23.6 Å². The molecule has 1 aliphatic rings. The Balaban J connectivity index is 1.92. The van der Waals surface area contributed by atoms with Crippen molar-refractivity contribution in [2.75, 3.05) is 12.3 Å². The normalized spacial score (nSPS) is 18.1. The van der Waals surface area contributed by atoms with Crippen molar-refractivity contribution in [1.29, 1.82) is 0 Å². The fourth-order valence-corrected chi connectivity index (χ4v) is 2.96. The van der Waals surface area contributed by atoms with Crippen LogP contribution in [-0.2, 0) is 0 Å². The van der Waals surface area contributed by atoms with Gasteiger partial charge < -0.3 is 5.32 Å². The standard InChI is InChI=1S/C13H15NS/c1-2-3-6-9-14-12-10-15-13-8-5-4-7-11(12)13/h4-5,7-8,12,14H,6,9-10H2,1H3. The Hall–Kier alpha value is -0.910. The Morgan fingerprint density at radius 2 is 2.33 bits per heavy atom. The van der Waals surface area contributed by atoms with E-state index >= 15 is 0 Å². The monoisotopic (exact) mass is 217 g/mol. The topological polar surface area (TPSA) is 12.0 Å². The van der Waals surface area contributed by atoms with Crippen molar-refractivity contribution in [3.05, 3.63) is 29.8 Å². The summed E-state index contributed by atoms with van der Waals surface area (Å²) in [6, 6.07) is 9.17. The fourth-order valence-electron chi connectivity index (χ4n) is 1.77. The molecule has 0 bridgehead atoms. The summed E-state index contributed by atoms with van der Waals surface area (Å²) in [5, 5.41) is 3.55. The van der Waals surface area contributed by atoms with E-state index in [0.717, 1.165) is 18.7 Å². The third-order valence-corrected chi connectivity index (χ3v) is 3.70. The zero-order valence-corrected chi connectivity index (χ0v) is 9.73. The van der Waals surface area contributed by atoms with Crippen molar-refractivity contribution in [2.45, 2.75) is 24.3 Å². The van der Waals surface area contributed by atoms with Gasteiger partial charge in [0.15, 0.2) is 0 Å². The molecule has 0 aliphatic carbocycles. The molecule has 0 saturated heterocycles. The van der Waals surface area contributed by atoms with E-state index in [0.29, 0.717) is 6.04 Å². The van der Waals surface area contributed by atoms with Gasteiger partial charge in [-0.1, -0.05) is 18.2 Å². The molecule has 0 fully saturated rings. The summed E-state index contributed by atoms with van der Waals surface area (Å²) in [5.41, 5.74) is 1.45. The number of fused-ring (bicyclic) bond motifs is 1. The molecule has 1 aliphatic heterocycles. The van der Waals surface area contributed by atoms with E-state index in [9.17, 15) is 0 Å². The second-order valence-corrected chi connectivity index (χ2v) is 4.59. The Morgan fingerprint density at radius 1 is 1.47 bits per heavy atom. The number of benzene rings is 1. The Labute approximate surface area is 95.7 Å². The summed E-state index contributed by atoms with van der Waals surface area (Å²) < 4.78 is 0. The van der Waals surface area contributed by atoms with E-state index < -0.39 is 0 Å². The summed E-state index contributed by atoms with van der Waals surface area (Å²) in [5.74, 6) is 7.15. The average Bonchev–Trinajstić information content (AvgIpc) is 2.68. The van der Waals surface area contributed by atoms with E-state index in [1.54, 1.807) is 0 Å². The Kier molecular flexibility index (Phi) is 3.71. The van der Waals surface area contributed by atoms with Gasteiger partial charge in [0.05, 0.1) is 0 Å². The maximum Gasteiger partial charge on any atom is 0.0426 e. The van der Waals surface area contributed by atoms with Crippen LogP contribution in [0.5, 0.6) is 0 Å².